The van der Waals surface area contributed by atoms with Crippen LogP contribution in [0.25, 0.3) is 10.9 Å². The summed E-state index contributed by atoms with van der Waals surface area (Å²) in [4.78, 5) is 37.8. The third kappa shape index (κ3) is 4.33. The van der Waals surface area contributed by atoms with Crippen LogP contribution >= 0.6 is 11.6 Å². The van der Waals surface area contributed by atoms with Gasteiger partial charge < -0.3 is 5.32 Å². The fraction of sp³-hybridized carbons (Fsp3) is 0.150. The van der Waals surface area contributed by atoms with Gasteiger partial charge in [0.25, 0.3) is 0 Å². The van der Waals surface area contributed by atoms with E-state index in [2.05, 4.69) is 30.9 Å². The number of fused-ring (bicyclic) bond motifs is 1. The van der Waals surface area contributed by atoms with Gasteiger partial charge in [-0.05, 0) is 37.3 Å². The Kier molecular flexibility index (Phi) is 5.09. The van der Waals surface area contributed by atoms with Crippen molar-refractivity contribution in [1.82, 2.24) is 15.3 Å². The van der Waals surface area contributed by atoms with Crippen LogP contribution in [0.2, 0.25) is 5.02 Å². The second-order valence-electron chi connectivity index (χ2n) is 6.52. The van der Waals surface area contributed by atoms with E-state index in [1.807, 2.05) is 31.2 Å². The average Bonchev–Trinajstić information content (AvgIpc) is 2.69. The van der Waals surface area contributed by atoms with Crippen molar-refractivity contribution < 1.29 is 9.59 Å². The third-order valence-electron chi connectivity index (χ3n) is 4.36. The van der Waals surface area contributed by atoms with E-state index in [1.54, 1.807) is 24.3 Å². The molecule has 3 N–H and O–H groups in total. The number of amides is 2. The summed E-state index contributed by atoms with van der Waals surface area (Å²) in [6.07, 6.45) is -0.0534. The Hall–Kier alpha value is -3.52. The molecule has 0 unspecified atom stereocenters. The lowest BCUT2D eigenvalue weighted by atomic mass is 10.1. The Labute approximate surface area is 171 Å². The molecule has 4 rings (SSSR count). The van der Waals surface area contributed by atoms with Crippen LogP contribution in [0, 0.1) is 6.92 Å². The normalized spacial score (nSPS) is 16.1. The highest BCUT2D eigenvalue weighted by atomic mass is 35.5. The van der Waals surface area contributed by atoms with E-state index in [0.717, 1.165) is 16.6 Å². The van der Waals surface area contributed by atoms with Gasteiger partial charge in [0, 0.05) is 16.1 Å². The zero-order chi connectivity index (χ0) is 20.4. The number of carbonyl (C=O) groups is 2. The molecule has 1 atom stereocenters. The molecule has 9 heteroatoms. The van der Waals surface area contributed by atoms with Crippen molar-refractivity contribution in [1.29, 1.82) is 0 Å². The first-order valence-corrected chi connectivity index (χ1v) is 9.30. The zero-order valence-corrected chi connectivity index (χ0v) is 16.2. The van der Waals surface area contributed by atoms with Crippen LogP contribution in [0.3, 0.4) is 0 Å². The van der Waals surface area contributed by atoms with Crippen LogP contribution < -0.4 is 16.0 Å². The van der Waals surface area contributed by atoms with Gasteiger partial charge >= 0.3 is 0 Å². The Morgan fingerprint density at radius 1 is 1.14 bits per heavy atom. The molecule has 1 aromatic heterocycles. The molecular weight excluding hydrogens is 392 g/mol. The second-order valence-corrected chi connectivity index (χ2v) is 6.95. The monoisotopic (exact) mass is 408 g/mol. The summed E-state index contributed by atoms with van der Waals surface area (Å²) in [5.74, 6) is -0.292. The first-order valence-electron chi connectivity index (χ1n) is 8.92. The summed E-state index contributed by atoms with van der Waals surface area (Å²) >= 11 is 5.85. The number of aromatic nitrogens is 2. The van der Waals surface area contributed by atoms with E-state index in [-0.39, 0.29) is 18.3 Å². The van der Waals surface area contributed by atoms with Crippen LogP contribution in [0.5, 0.6) is 0 Å². The van der Waals surface area contributed by atoms with Gasteiger partial charge in [-0.2, -0.15) is 0 Å². The van der Waals surface area contributed by atoms with Crippen molar-refractivity contribution >= 4 is 51.9 Å². The van der Waals surface area contributed by atoms with Crippen molar-refractivity contribution in [2.45, 2.75) is 19.4 Å². The second kappa shape index (κ2) is 7.84. The van der Waals surface area contributed by atoms with Crippen molar-refractivity contribution in [2.75, 3.05) is 10.6 Å². The molecule has 146 valence electrons. The highest BCUT2D eigenvalue weighted by Gasteiger charge is 2.27. The number of aliphatic imine (C=N–C) groups is 1. The summed E-state index contributed by atoms with van der Waals surface area (Å²) in [6, 6.07) is 13.4. The molecule has 0 aliphatic carbocycles. The van der Waals surface area contributed by atoms with Crippen LogP contribution in [-0.4, -0.2) is 33.8 Å². The van der Waals surface area contributed by atoms with Crippen LogP contribution in [0.1, 0.15) is 12.1 Å². The third-order valence-corrected chi connectivity index (χ3v) is 4.61. The lowest BCUT2D eigenvalue weighted by Gasteiger charge is -2.21. The Bertz CT molecular complexity index is 1130. The molecule has 1 aliphatic heterocycles. The minimum absolute atomic E-state index is 0.0534. The molecular formula is C20H17ClN6O2. The van der Waals surface area contributed by atoms with Crippen molar-refractivity contribution in [2.24, 2.45) is 4.99 Å². The Morgan fingerprint density at radius 2 is 1.90 bits per heavy atom. The molecule has 2 amide bonds. The van der Waals surface area contributed by atoms with Crippen LogP contribution in [0.4, 0.5) is 11.6 Å². The van der Waals surface area contributed by atoms with Gasteiger partial charge in [-0.1, -0.05) is 29.8 Å². The highest BCUT2D eigenvalue weighted by molar-refractivity contribution is 6.30. The minimum atomic E-state index is -0.872. The quantitative estimate of drug-likeness (QED) is 0.617. The molecule has 0 radical (unpaired) electrons. The number of hydrogen-bond acceptors (Lipinski definition) is 6. The van der Waals surface area contributed by atoms with Gasteiger partial charge in [-0.3, -0.25) is 20.2 Å². The first-order chi connectivity index (χ1) is 14.0. The molecule has 0 spiro atoms. The summed E-state index contributed by atoms with van der Waals surface area (Å²) in [6.45, 7) is 1.87. The van der Waals surface area contributed by atoms with Gasteiger partial charge in [-0.25, -0.2) is 15.0 Å². The van der Waals surface area contributed by atoms with E-state index in [1.165, 1.54) is 0 Å². The number of anilines is 2. The topological polar surface area (TPSA) is 108 Å². The van der Waals surface area contributed by atoms with Crippen LogP contribution in [-0.2, 0) is 9.59 Å². The Balaban J connectivity index is 1.54. The molecule has 8 nitrogen and oxygen atoms in total. The van der Waals surface area contributed by atoms with Gasteiger partial charge in [0.1, 0.15) is 6.04 Å². The van der Waals surface area contributed by atoms with Gasteiger partial charge in [0.15, 0.2) is 0 Å². The lowest BCUT2D eigenvalue weighted by Crippen LogP contribution is -2.46. The van der Waals surface area contributed by atoms with E-state index in [4.69, 9.17) is 11.6 Å². The largest absolute Gasteiger partial charge is 0.324 e. The van der Waals surface area contributed by atoms with Gasteiger partial charge in [0.05, 0.1) is 17.6 Å². The van der Waals surface area contributed by atoms with Gasteiger partial charge in [-0.15, -0.1) is 0 Å². The van der Waals surface area contributed by atoms with E-state index >= 15 is 0 Å². The fourth-order valence-electron chi connectivity index (χ4n) is 2.96. The van der Waals surface area contributed by atoms with E-state index in [9.17, 15) is 9.59 Å². The molecule has 0 saturated heterocycles. The molecule has 2 aromatic carbocycles. The summed E-state index contributed by atoms with van der Waals surface area (Å²) < 4.78 is 0. The Morgan fingerprint density at radius 3 is 2.69 bits per heavy atom. The molecule has 0 bridgehead atoms. The minimum Gasteiger partial charge on any atom is -0.324 e. The number of halogens is 1. The summed E-state index contributed by atoms with van der Waals surface area (Å²) in [7, 11) is 0. The first kappa shape index (κ1) is 18.8. The number of guanidine groups is 1. The predicted octanol–water partition coefficient (Wildman–Crippen LogP) is 2.89. The fourth-order valence-corrected chi connectivity index (χ4v) is 3.09. The number of para-hydroxylation sites is 1. The number of carbonyl (C=O) groups excluding carboxylic acids is 2. The smallest absolute Gasteiger partial charge is 0.249 e. The zero-order valence-electron chi connectivity index (χ0n) is 15.4. The number of aryl methyl sites for hydroxylation is 1. The predicted molar refractivity (Wildman–Crippen MR) is 112 cm³/mol. The molecule has 3 aromatic rings. The van der Waals surface area contributed by atoms with Crippen LogP contribution in [0.15, 0.2) is 53.5 Å². The number of hydrogen-bond donors (Lipinski definition) is 3. The number of rotatable bonds is 3. The molecule has 0 fully saturated rings. The summed E-state index contributed by atoms with van der Waals surface area (Å²) in [5, 5.41) is 9.75. The van der Waals surface area contributed by atoms with E-state index in [0.29, 0.717) is 16.7 Å². The summed E-state index contributed by atoms with van der Waals surface area (Å²) in [5.41, 5.74) is 2.13. The average molecular weight is 409 g/mol. The SMILES string of the molecule is Cc1nc(NC2=N[C@@H](C(=O)Nc3ccc(Cl)cc3)CC(=O)N2)nc2ccccc12. The molecule has 0 saturated carbocycles. The number of nitrogens with one attached hydrogen (secondary N) is 3. The van der Waals surface area contributed by atoms with E-state index < -0.39 is 11.9 Å². The highest BCUT2D eigenvalue weighted by Crippen LogP contribution is 2.18. The van der Waals surface area contributed by atoms with Crippen molar-refractivity contribution in [3.05, 3.63) is 59.2 Å². The number of nitrogens with zero attached hydrogens (tertiary/aromatic N) is 3. The number of benzene rings is 2. The van der Waals surface area contributed by atoms with Crippen molar-refractivity contribution in [3.63, 3.8) is 0 Å². The standard InChI is InChI=1S/C20H17ClN6O2/c1-11-14-4-2-3-5-15(14)24-19(22-11)27-20-25-16(10-17(28)26-20)18(29)23-13-8-6-12(21)7-9-13/h2-9,16H,10H2,1H3,(H,23,29)(H2,22,24,25,26,27,28)/t16-/m1/s1. The molecule has 1 aliphatic rings. The molecule has 2 heterocycles. The maximum absolute atomic E-state index is 12.5. The maximum Gasteiger partial charge on any atom is 0.249 e. The van der Waals surface area contributed by atoms with Crippen molar-refractivity contribution in [3.8, 4) is 0 Å². The van der Waals surface area contributed by atoms with Gasteiger partial charge in [0.2, 0.25) is 23.7 Å². The molecule has 29 heavy (non-hydrogen) atoms. The maximum atomic E-state index is 12.5. The lowest BCUT2D eigenvalue weighted by molar-refractivity contribution is -0.124.